The third-order valence-electron chi connectivity index (χ3n) is 3.92. The maximum atomic E-state index is 12.3. The average molecular weight is 404 g/mol. The largest absolute Gasteiger partial charge is 0.370 e. The molecule has 6 nitrogen and oxygen atoms in total. The lowest BCUT2D eigenvalue weighted by molar-refractivity contribution is 0.100. The number of rotatable bonds is 3. The molecule has 3 aromatic rings. The van der Waals surface area contributed by atoms with E-state index < -0.39 is 15.7 Å². The van der Waals surface area contributed by atoms with Crippen molar-refractivity contribution < 1.29 is 13.2 Å². The molecule has 0 unspecified atom stereocenters. The Kier molecular flexibility index (Phi) is 5.88. The molecule has 0 aliphatic heterocycles. The second-order valence-electron chi connectivity index (χ2n) is 5.89. The van der Waals surface area contributed by atoms with Crippen LogP contribution in [-0.4, -0.2) is 26.5 Å². The number of sulfone groups is 1. The number of carbonyl (C=O) groups excluding carboxylic acids is 1. The molecule has 8 heteroatoms. The van der Waals surface area contributed by atoms with Gasteiger partial charge in [-0.25, -0.2) is 8.42 Å². The van der Waals surface area contributed by atoms with Crippen LogP contribution in [0.3, 0.4) is 0 Å². The second kappa shape index (κ2) is 7.77. The van der Waals surface area contributed by atoms with E-state index >= 15 is 0 Å². The molecule has 0 saturated heterocycles. The maximum Gasteiger partial charge on any atom is 0.280 e. The van der Waals surface area contributed by atoms with Gasteiger partial charge in [-0.3, -0.25) is 4.79 Å². The van der Waals surface area contributed by atoms with E-state index in [4.69, 9.17) is 11.5 Å². The summed E-state index contributed by atoms with van der Waals surface area (Å²) in [4.78, 5) is 15.5. The number of amides is 1. The molecule has 3 aromatic carbocycles. The number of guanidine groups is 1. The van der Waals surface area contributed by atoms with E-state index in [2.05, 4.69) is 4.99 Å². The molecule has 4 N–H and O–H groups in total. The van der Waals surface area contributed by atoms with Crippen LogP contribution in [0.1, 0.15) is 10.4 Å². The Morgan fingerprint density at radius 3 is 2.22 bits per heavy atom. The molecule has 0 atom stereocenters. The van der Waals surface area contributed by atoms with Crippen LogP contribution in [-0.2, 0) is 9.84 Å². The first-order valence-corrected chi connectivity index (χ1v) is 9.62. The third-order valence-corrected chi connectivity index (χ3v) is 5.06. The summed E-state index contributed by atoms with van der Waals surface area (Å²) in [5.74, 6) is -1.07. The molecule has 1 amide bonds. The summed E-state index contributed by atoms with van der Waals surface area (Å²) < 4.78 is 24.6. The molecule has 0 saturated carbocycles. The fourth-order valence-corrected chi connectivity index (χ4v) is 3.67. The van der Waals surface area contributed by atoms with Gasteiger partial charge in [-0.1, -0.05) is 42.5 Å². The lowest BCUT2D eigenvalue weighted by atomic mass is 10.00. The number of nitrogens with zero attached hydrogens (tertiary/aromatic N) is 1. The number of aliphatic imine (C=N–C) groups is 1. The molecular formula is C19H18ClN3O3S. The zero-order chi connectivity index (χ0) is 18.9. The minimum atomic E-state index is -3.58. The van der Waals surface area contributed by atoms with E-state index in [1.54, 1.807) is 6.07 Å². The van der Waals surface area contributed by atoms with Crippen molar-refractivity contribution in [1.29, 1.82) is 0 Å². The van der Waals surface area contributed by atoms with Crippen LogP contribution >= 0.6 is 12.4 Å². The number of hydrogen-bond donors (Lipinski definition) is 2. The van der Waals surface area contributed by atoms with Gasteiger partial charge in [0.15, 0.2) is 15.8 Å². The molecule has 0 fully saturated rings. The molecule has 0 spiro atoms. The van der Waals surface area contributed by atoms with Crippen molar-refractivity contribution >= 4 is 44.9 Å². The van der Waals surface area contributed by atoms with Crippen LogP contribution in [0, 0.1) is 0 Å². The van der Waals surface area contributed by atoms with Crippen molar-refractivity contribution in [2.75, 3.05) is 6.26 Å². The van der Waals surface area contributed by atoms with Crippen molar-refractivity contribution in [1.82, 2.24) is 0 Å². The van der Waals surface area contributed by atoms with Crippen molar-refractivity contribution in [3.8, 4) is 11.1 Å². The zero-order valence-electron chi connectivity index (χ0n) is 14.4. The van der Waals surface area contributed by atoms with Crippen LogP contribution < -0.4 is 11.5 Å². The van der Waals surface area contributed by atoms with Crippen LogP contribution in [0.4, 0.5) is 0 Å². The number of benzene rings is 3. The summed E-state index contributed by atoms with van der Waals surface area (Å²) >= 11 is 0. The van der Waals surface area contributed by atoms with Gasteiger partial charge >= 0.3 is 0 Å². The van der Waals surface area contributed by atoms with Crippen LogP contribution in [0.15, 0.2) is 70.6 Å². The van der Waals surface area contributed by atoms with Crippen LogP contribution in [0.2, 0.25) is 0 Å². The number of carbonyl (C=O) groups is 1. The lowest BCUT2D eigenvalue weighted by Gasteiger charge is -2.11. The predicted molar refractivity (Wildman–Crippen MR) is 110 cm³/mol. The maximum absolute atomic E-state index is 12.3. The summed E-state index contributed by atoms with van der Waals surface area (Å²) in [6, 6.07) is 17.9. The zero-order valence-corrected chi connectivity index (χ0v) is 16.0. The Bertz CT molecular complexity index is 1150. The Hall–Kier alpha value is -2.90. The van der Waals surface area contributed by atoms with Crippen molar-refractivity contribution in [2.45, 2.75) is 4.90 Å². The first kappa shape index (κ1) is 20.4. The Balaban J connectivity index is 0.00000261. The first-order chi connectivity index (χ1) is 12.3. The standard InChI is InChI=1S/C19H17N3O3S.ClH/c1-26(24,25)17-11-15(18(23)22-19(20)21)8-9-16(17)14-7-6-12-4-2-3-5-13(12)10-14;/h2-11H,1H3,(H4,20,21,22,23);1H. The quantitative estimate of drug-likeness (QED) is 0.515. The van der Waals surface area contributed by atoms with Crippen molar-refractivity contribution in [3.05, 3.63) is 66.2 Å². The molecule has 0 radical (unpaired) electrons. The highest BCUT2D eigenvalue weighted by molar-refractivity contribution is 7.90. The summed E-state index contributed by atoms with van der Waals surface area (Å²) in [7, 11) is -3.58. The Morgan fingerprint density at radius 1 is 0.926 bits per heavy atom. The Morgan fingerprint density at radius 2 is 1.59 bits per heavy atom. The monoisotopic (exact) mass is 403 g/mol. The van der Waals surface area contributed by atoms with E-state index in [9.17, 15) is 13.2 Å². The molecule has 0 aliphatic carbocycles. The molecule has 27 heavy (non-hydrogen) atoms. The highest BCUT2D eigenvalue weighted by atomic mass is 35.5. The van der Waals surface area contributed by atoms with E-state index in [-0.39, 0.29) is 28.8 Å². The number of halogens is 1. The molecule has 0 bridgehead atoms. The van der Waals surface area contributed by atoms with Gasteiger partial charge in [-0.15, -0.1) is 12.4 Å². The van der Waals surface area contributed by atoms with Gasteiger partial charge in [0.05, 0.1) is 4.90 Å². The average Bonchev–Trinajstić information content (AvgIpc) is 2.59. The number of hydrogen-bond acceptors (Lipinski definition) is 3. The van der Waals surface area contributed by atoms with E-state index in [0.29, 0.717) is 5.56 Å². The topological polar surface area (TPSA) is 116 Å². The molecule has 140 valence electrons. The Labute approximate surface area is 163 Å². The van der Waals surface area contributed by atoms with Gasteiger partial charge in [0.25, 0.3) is 5.91 Å². The van der Waals surface area contributed by atoms with Crippen LogP contribution in [0.5, 0.6) is 0 Å². The molecular weight excluding hydrogens is 386 g/mol. The summed E-state index contributed by atoms with van der Waals surface area (Å²) in [6.45, 7) is 0. The first-order valence-electron chi connectivity index (χ1n) is 7.73. The summed E-state index contributed by atoms with van der Waals surface area (Å²) in [5, 5.41) is 2.04. The van der Waals surface area contributed by atoms with Crippen LogP contribution in [0.25, 0.3) is 21.9 Å². The number of fused-ring (bicyclic) bond motifs is 1. The molecule has 0 heterocycles. The smallest absolute Gasteiger partial charge is 0.280 e. The van der Waals surface area contributed by atoms with E-state index in [0.717, 1.165) is 22.6 Å². The molecule has 3 rings (SSSR count). The highest BCUT2D eigenvalue weighted by Gasteiger charge is 2.18. The van der Waals surface area contributed by atoms with E-state index in [1.807, 2.05) is 42.5 Å². The van der Waals surface area contributed by atoms with Crippen molar-refractivity contribution in [3.63, 3.8) is 0 Å². The van der Waals surface area contributed by atoms with Crippen molar-refractivity contribution in [2.24, 2.45) is 16.5 Å². The molecule has 0 aliphatic rings. The SMILES string of the molecule is CS(=O)(=O)c1cc(C(=O)N=C(N)N)ccc1-c1ccc2ccccc2c1.Cl. The highest BCUT2D eigenvalue weighted by Crippen LogP contribution is 2.31. The van der Waals surface area contributed by atoms with E-state index in [1.165, 1.54) is 12.1 Å². The predicted octanol–water partition coefficient (Wildman–Crippen LogP) is 2.75. The van der Waals surface area contributed by atoms with Gasteiger partial charge < -0.3 is 11.5 Å². The fourth-order valence-electron chi connectivity index (χ4n) is 2.74. The van der Waals surface area contributed by atoms with Gasteiger partial charge in [0.1, 0.15) is 0 Å². The summed E-state index contributed by atoms with van der Waals surface area (Å²) in [5.41, 5.74) is 11.8. The minimum Gasteiger partial charge on any atom is -0.370 e. The normalized spacial score (nSPS) is 10.9. The second-order valence-corrected chi connectivity index (χ2v) is 7.87. The van der Waals surface area contributed by atoms with Gasteiger partial charge in [-0.05, 0) is 34.5 Å². The fraction of sp³-hybridized carbons (Fsp3) is 0.0526. The number of nitrogens with two attached hydrogens (primary N) is 2. The van der Waals surface area contributed by atoms with Gasteiger partial charge in [-0.2, -0.15) is 4.99 Å². The summed E-state index contributed by atoms with van der Waals surface area (Å²) in [6.07, 6.45) is 1.10. The minimum absolute atomic E-state index is 0. The van der Waals surface area contributed by atoms with Gasteiger partial charge in [0.2, 0.25) is 0 Å². The lowest BCUT2D eigenvalue weighted by Crippen LogP contribution is -2.24. The van der Waals surface area contributed by atoms with Gasteiger partial charge in [0, 0.05) is 17.4 Å². The molecule has 0 aromatic heterocycles. The third kappa shape index (κ3) is 4.45.